The zero-order valence-electron chi connectivity index (χ0n) is 15.7. The molecule has 0 atom stereocenters. The zero-order chi connectivity index (χ0) is 19.7. The van der Waals surface area contributed by atoms with E-state index in [2.05, 4.69) is 22.0 Å². The molecule has 7 nitrogen and oxygen atoms in total. The van der Waals surface area contributed by atoms with Gasteiger partial charge in [-0.2, -0.15) is 0 Å². The van der Waals surface area contributed by atoms with Crippen LogP contribution in [0.25, 0.3) is 22.2 Å². The van der Waals surface area contributed by atoms with Gasteiger partial charge in [0, 0.05) is 57.3 Å². The Morgan fingerprint density at radius 2 is 1.89 bits per heavy atom. The first-order valence-corrected chi connectivity index (χ1v) is 9.30. The highest BCUT2D eigenvalue weighted by Gasteiger charge is 2.19. The lowest BCUT2D eigenvalue weighted by molar-refractivity contribution is -0.130. The second kappa shape index (κ2) is 7.44. The fourth-order valence-corrected chi connectivity index (χ4v) is 3.70. The van der Waals surface area contributed by atoms with Gasteiger partial charge in [-0.15, -0.1) is 4.73 Å². The van der Waals surface area contributed by atoms with Crippen LogP contribution in [0.5, 0.6) is 0 Å². The van der Waals surface area contributed by atoms with Crippen molar-refractivity contribution in [3.63, 3.8) is 0 Å². The summed E-state index contributed by atoms with van der Waals surface area (Å²) < 4.78 is 0.581. The van der Waals surface area contributed by atoms with Crippen LogP contribution in [-0.2, 0) is 11.3 Å². The number of hydrogen-bond acceptors (Lipinski definition) is 5. The van der Waals surface area contributed by atoms with Gasteiger partial charge in [-0.1, -0.05) is 18.2 Å². The second-order valence-corrected chi connectivity index (χ2v) is 7.07. The summed E-state index contributed by atoms with van der Waals surface area (Å²) in [7, 11) is 0. The number of piperazine rings is 1. The molecule has 1 amide bonds. The van der Waals surface area contributed by atoms with Crippen molar-refractivity contribution in [3.8, 4) is 11.1 Å². The quantitative estimate of drug-likeness (QED) is 0.705. The molecule has 0 bridgehead atoms. The van der Waals surface area contributed by atoms with Gasteiger partial charge in [0.15, 0.2) is 5.65 Å². The van der Waals surface area contributed by atoms with Crippen molar-refractivity contribution in [2.45, 2.75) is 13.5 Å². The largest absolute Gasteiger partial charge is 0.423 e. The van der Waals surface area contributed by atoms with E-state index in [0.717, 1.165) is 54.8 Å². The Labute approximate surface area is 162 Å². The van der Waals surface area contributed by atoms with Gasteiger partial charge in [-0.25, -0.2) is 4.98 Å². The summed E-state index contributed by atoms with van der Waals surface area (Å²) in [6, 6.07) is 13.1. The molecular weight excluding hydrogens is 356 g/mol. The number of hydrogen-bond donors (Lipinski definition) is 1. The van der Waals surface area contributed by atoms with E-state index in [1.165, 1.54) is 6.07 Å². The second-order valence-electron chi connectivity index (χ2n) is 7.07. The molecule has 4 rings (SSSR count). The van der Waals surface area contributed by atoms with Crippen molar-refractivity contribution in [2.75, 3.05) is 26.2 Å². The van der Waals surface area contributed by atoms with Crippen molar-refractivity contribution in [1.82, 2.24) is 19.5 Å². The smallest absolute Gasteiger partial charge is 0.285 e. The fraction of sp³-hybridized carbons (Fsp3) is 0.286. The highest BCUT2D eigenvalue weighted by molar-refractivity contribution is 5.92. The molecule has 0 spiro atoms. The molecule has 144 valence electrons. The molecule has 0 saturated carbocycles. The van der Waals surface area contributed by atoms with Crippen molar-refractivity contribution < 1.29 is 10.0 Å². The van der Waals surface area contributed by atoms with Crippen LogP contribution in [0.15, 0.2) is 53.5 Å². The number of carbonyl (C=O) groups excluding carboxylic acids is 1. The van der Waals surface area contributed by atoms with E-state index >= 15 is 0 Å². The van der Waals surface area contributed by atoms with E-state index in [0.29, 0.717) is 4.73 Å². The van der Waals surface area contributed by atoms with E-state index < -0.39 is 5.56 Å². The summed E-state index contributed by atoms with van der Waals surface area (Å²) in [5, 5.41) is 10.7. The van der Waals surface area contributed by atoms with Crippen molar-refractivity contribution in [3.05, 3.63) is 64.6 Å². The van der Waals surface area contributed by atoms with E-state index in [9.17, 15) is 14.8 Å². The van der Waals surface area contributed by atoms with Gasteiger partial charge in [0.2, 0.25) is 5.91 Å². The van der Waals surface area contributed by atoms with Crippen LogP contribution in [0.3, 0.4) is 0 Å². The first-order chi connectivity index (χ1) is 13.5. The number of fused-ring (bicyclic) bond motifs is 1. The summed E-state index contributed by atoms with van der Waals surface area (Å²) in [5.41, 5.74) is 2.54. The molecule has 1 saturated heterocycles. The van der Waals surface area contributed by atoms with Crippen LogP contribution in [0.1, 0.15) is 12.5 Å². The van der Waals surface area contributed by atoms with Gasteiger partial charge < -0.3 is 10.1 Å². The number of nitrogens with zero attached hydrogens (tertiary/aromatic N) is 4. The molecule has 0 radical (unpaired) electrons. The van der Waals surface area contributed by atoms with Crippen LogP contribution >= 0.6 is 0 Å². The minimum Gasteiger partial charge on any atom is -0.423 e. The number of carbonyl (C=O) groups is 1. The lowest BCUT2D eigenvalue weighted by Gasteiger charge is -2.34. The summed E-state index contributed by atoms with van der Waals surface area (Å²) >= 11 is 0. The number of benzene rings is 1. The van der Waals surface area contributed by atoms with Crippen LogP contribution in [-0.4, -0.2) is 56.8 Å². The number of aromatic nitrogens is 2. The Morgan fingerprint density at radius 1 is 1.11 bits per heavy atom. The van der Waals surface area contributed by atoms with Gasteiger partial charge in [-0.3, -0.25) is 14.5 Å². The molecule has 3 heterocycles. The van der Waals surface area contributed by atoms with E-state index in [-0.39, 0.29) is 11.6 Å². The predicted molar refractivity (Wildman–Crippen MR) is 106 cm³/mol. The van der Waals surface area contributed by atoms with E-state index in [1.807, 2.05) is 23.1 Å². The minimum absolute atomic E-state index is 0.126. The Hall–Kier alpha value is -3.19. The fourth-order valence-electron chi connectivity index (χ4n) is 3.70. The van der Waals surface area contributed by atoms with E-state index in [1.54, 1.807) is 19.2 Å². The maximum Gasteiger partial charge on any atom is 0.285 e. The third-order valence-corrected chi connectivity index (χ3v) is 5.22. The van der Waals surface area contributed by atoms with Gasteiger partial charge >= 0.3 is 0 Å². The third kappa shape index (κ3) is 3.48. The van der Waals surface area contributed by atoms with Gasteiger partial charge in [-0.05, 0) is 34.9 Å². The number of amides is 1. The summed E-state index contributed by atoms with van der Waals surface area (Å²) in [5.74, 6) is 0.126. The molecule has 1 N–H and O–H groups in total. The number of pyridine rings is 2. The van der Waals surface area contributed by atoms with Crippen molar-refractivity contribution in [2.24, 2.45) is 0 Å². The normalized spacial score (nSPS) is 15.1. The Kier molecular flexibility index (Phi) is 4.83. The maximum atomic E-state index is 12.1. The van der Waals surface area contributed by atoms with Crippen LogP contribution in [0.2, 0.25) is 0 Å². The summed E-state index contributed by atoms with van der Waals surface area (Å²) in [6.45, 7) is 5.58. The first kappa shape index (κ1) is 18.2. The van der Waals surface area contributed by atoms with Crippen LogP contribution in [0.4, 0.5) is 0 Å². The molecule has 1 aromatic carbocycles. The molecule has 0 unspecified atom stereocenters. The molecular formula is C21H22N4O3. The Bertz CT molecular complexity index is 1080. The molecule has 7 heteroatoms. The average molecular weight is 378 g/mol. The van der Waals surface area contributed by atoms with Crippen LogP contribution in [0, 0.1) is 0 Å². The first-order valence-electron chi connectivity index (χ1n) is 9.30. The highest BCUT2D eigenvalue weighted by Crippen LogP contribution is 2.27. The molecule has 1 aliphatic rings. The highest BCUT2D eigenvalue weighted by atomic mass is 16.5. The summed E-state index contributed by atoms with van der Waals surface area (Å²) in [4.78, 5) is 32.0. The topological polar surface area (TPSA) is 78.7 Å². The third-order valence-electron chi connectivity index (χ3n) is 5.22. The van der Waals surface area contributed by atoms with Crippen LogP contribution < -0.4 is 5.56 Å². The lowest BCUT2D eigenvalue weighted by atomic mass is 10.0. The Morgan fingerprint density at radius 3 is 2.64 bits per heavy atom. The molecule has 1 aliphatic heterocycles. The SMILES string of the molecule is CC(=O)N1CCN(Cc2cccc(-c3cc(=O)n(O)c4ncccc34)c2)CC1. The van der Waals surface area contributed by atoms with Gasteiger partial charge in [0.1, 0.15) is 0 Å². The molecule has 0 aliphatic carbocycles. The van der Waals surface area contributed by atoms with Crippen molar-refractivity contribution in [1.29, 1.82) is 0 Å². The van der Waals surface area contributed by atoms with Gasteiger partial charge in [0.25, 0.3) is 5.56 Å². The maximum absolute atomic E-state index is 12.1. The Balaban J connectivity index is 1.62. The zero-order valence-corrected chi connectivity index (χ0v) is 15.7. The lowest BCUT2D eigenvalue weighted by Crippen LogP contribution is -2.47. The van der Waals surface area contributed by atoms with Gasteiger partial charge in [0.05, 0.1) is 0 Å². The number of rotatable bonds is 3. The monoisotopic (exact) mass is 378 g/mol. The van der Waals surface area contributed by atoms with E-state index in [4.69, 9.17) is 0 Å². The minimum atomic E-state index is -0.507. The van der Waals surface area contributed by atoms with Crippen molar-refractivity contribution >= 4 is 16.9 Å². The summed E-state index contributed by atoms with van der Waals surface area (Å²) in [6.07, 6.45) is 1.55. The molecule has 3 aromatic rings. The predicted octanol–water partition coefficient (Wildman–Crippen LogP) is 1.96. The molecule has 28 heavy (non-hydrogen) atoms. The molecule has 1 fully saturated rings. The standard InChI is InChI=1S/C21H22N4O3/c1-15(26)24-10-8-23(9-11-24)14-16-4-2-5-17(12-16)19-13-20(27)25(28)21-18(19)6-3-7-22-21/h2-7,12-13,28H,8-11,14H2,1H3. The average Bonchev–Trinajstić information content (AvgIpc) is 2.71. The molecule has 2 aromatic heterocycles.